The van der Waals surface area contributed by atoms with Crippen molar-refractivity contribution in [1.82, 2.24) is 0 Å². The number of ether oxygens (including phenoxy) is 8. The zero-order chi connectivity index (χ0) is 35.6. The van der Waals surface area contributed by atoms with Crippen LogP contribution in [0.15, 0.2) is 43.8 Å². The molecule has 20 nitrogen and oxygen atoms in total. The van der Waals surface area contributed by atoms with E-state index in [0.717, 1.165) is 12.1 Å². The molecule has 0 amide bonds. The third-order valence-electron chi connectivity index (χ3n) is 5.82. The van der Waals surface area contributed by atoms with Crippen molar-refractivity contribution in [3.63, 3.8) is 0 Å². The Labute approximate surface area is 275 Å². The maximum Gasteiger partial charge on any atom is 0.298 e. The highest BCUT2D eigenvalue weighted by molar-refractivity contribution is 7.87. The normalized spacial score (nSPS) is 17.6. The molecule has 0 atom stereocenters. The van der Waals surface area contributed by atoms with Crippen LogP contribution in [0.4, 0.5) is 0 Å². The first kappa shape index (κ1) is 39.6. The Bertz CT molecular complexity index is 1580. The van der Waals surface area contributed by atoms with Gasteiger partial charge >= 0.3 is 0 Å². The fourth-order valence-electron chi connectivity index (χ4n) is 3.79. The van der Waals surface area contributed by atoms with E-state index in [0.29, 0.717) is 12.1 Å². The quantitative estimate of drug-likeness (QED) is 0.297. The van der Waals surface area contributed by atoms with E-state index in [9.17, 15) is 51.9 Å². The largest absolute Gasteiger partial charge is 0.490 e. The fraction of sp³-hybridized carbons (Fsp3) is 0.500. The first-order valence-corrected chi connectivity index (χ1v) is 19.2. The molecule has 0 radical (unpaired) electrons. The van der Waals surface area contributed by atoms with Gasteiger partial charge in [-0.1, -0.05) is 0 Å². The van der Waals surface area contributed by atoms with Crippen molar-refractivity contribution in [2.45, 2.75) is 19.6 Å². The number of hydrogen-bond acceptors (Lipinski definition) is 16. The highest BCUT2D eigenvalue weighted by Gasteiger charge is 2.28. The summed E-state index contributed by atoms with van der Waals surface area (Å²) in [7, 11) is -20.1. The third kappa shape index (κ3) is 12.2. The Balaban J connectivity index is 1.76. The molecule has 1 heterocycles. The van der Waals surface area contributed by atoms with E-state index >= 15 is 0 Å². The van der Waals surface area contributed by atoms with E-state index < -0.39 is 83.1 Å². The molecule has 0 spiro atoms. The molecule has 4 N–H and O–H groups in total. The zero-order valence-corrected chi connectivity index (χ0v) is 28.0. The van der Waals surface area contributed by atoms with Gasteiger partial charge in [0.15, 0.2) is 0 Å². The molecule has 2 aromatic rings. The Morgan fingerprint density at radius 2 is 0.521 bits per heavy atom. The molecule has 0 saturated heterocycles. The Morgan fingerprint density at radius 1 is 0.333 bits per heavy atom. The smallest absolute Gasteiger partial charge is 0.298 e. The van der Waals surface area contributed by atoms with Gasteiger partial charge in [0.1, 0.15) is 69.0 Å². The van der Waals surface area contributed by atoms with E-state index in [-0.39, 0.29) is 79.3 Å². The minimum absolute atomic E-state index is 0.0377. The van der Waals surface area contributed by atoms with Gasteiger partial charge in [-0.05, 0) is 12.1 Å². The molecule has 0 fully saturated rings. The van der Waals surface area contributed by atoms with E-state index in [4.69, 9.17) is 37.9 Å². The summed E-state index contributed by atoms with van der Waals surface area (Å²) in [5.41, 5.74) is 0. The first-order valence-electron chi connectivity index (χ1n) is 13.5. The summed E-state index contributed by atoms with van der Waals surface area (Å²) in [4.78, 5) is -3.86. The Hall–Kier alpha value is -2.88. The van der Waals surface area contributed by atoms with Crippen molar-refractivity contribution >= 4 is 40.5 Å². The van der Waals surface area contributed by atoms with Gasteiger partial charge < -0.3 is 37.9 Å². The average molecular weight is 769 g/mol. The van der Waals surface area contributed by atoms with Crippen molar-refractivity contribution in [1.29, 1.82) is 0 Å². The molecule has 0 aromatic heterocycles. The van der Waals surface area contributed by atoms with Crippen LogP contribution in [-0.2, 0) is 59.4 Å². The van der Waals surface area contributed by atoms with Crippen molar-refractivity contribution in [3.05, 3.63) is 24.3 Å². The summed E-state index contributed by atoms with van der Waals surface area (Å²) in [5, 5.41) is 0. The lowest BCUT2D eigenvalue weighted by molar-refractivity contribution is 0.0253. The molecule has 0 aliphatic carbocycles. The van der Waals surface area contributed by atoms with Crippen LogP contribution in [0.1, 0.15) is 0 Å². The number of fused-ring (bicyclic) bond motifs is 4. The van der Waals surface area contributed by atoms with Crippen molar-refractivity contribution in [2.75, 3.05) is 79.3 Å². The SMILES string of the molecule is O=S(=O)(O)c1cc(S(=O)(=O)O)c2cc1OCCOCCOCCOc1cc(c(S(=O)(=O)O)cc1S(=O)(=O)O)OCCOCCOCCO2. The van der Waals surface area contributed by atoms with Crippen molar-refractivity contribution < 1.29 is 89.8 Å². The Morgan fingerprint density at radius 3 is 0.708 bits per heavy atom. The molecule has 3 rings (SSSR count). The van der Waals surface area contributed by atoms with E-state index in [2.05, 4.69) is 0 Å². The molecule has 4 bridgehead atoms. The minimum Gasteiger partial charge on any atom is -0.490 e. The summed E-state index contributed by atoms with van der Waals surface area (Å²) >= 11 is 0. The molecule has 24 heteroatoms. The monoisotopic (exact) mass is 768 g/mol. The molecule has 272 valence electrons. The van der Waals surface area contributed by atoms with Crippen LogP contribution in [0, 0.1) is 0 Å². The summed E-state index contributed by atoms with van der Waals surface area (Å²) in [6.07, 6.45) is 0. The summed E-state index contributed by atoms with van der Waals surface area (Å²) in [6, 6.07) is 2.62. The summed E-state index contributed by atoms with van der Waals surface area (Å²) in [5.74, 6) is -2.03. The van der Waals surface area contributed by atoms with Gasteiger partial charge in [-0.25, -0.2) is 0 Å². The van der Waals surface area contributed by atoms with Gasteiger partial charge in [-0.3, -0.25) is 18.2 Å². The van der Waals surface area contributed by atoms with Gasteiger partial charge in [0.25, 0.3) is 40.5 Å². The van der Waals surface area contributed by atoms with E-state index in [1.165, 1.54) is 0 Å². The van der Waals surface area contributed by atoms with Crippen LogP contribution < -0.4 is 18.9 Å². The molecule has 2 aromatic carbocycles. The number of hydrogen-bond donors (Lipinski definition) is 4. The van der Waals surface area contributed by atoms with Gasteiger partial charge in [0, 0.05) is 12.1 Å². The van der Waals surface area contributed by atoms with Crippen LogP contribution in [0.3, 0.4) is 0 Å². The van der Waals surface area contributed by atoms with Crippen LogP contribution >= 0.6 is 0 Å². The molecular formula is C24H32O20S4. The van der Waals surface area contributed by atoms with Crippen LogP contribution in [0.25, 0.3) is 0 Å². The lowest BCUT2D eigenvalue weighted by Crippen LogP contribution is -2.17. The molecule has 48 heavy (non-hydrogen) atoms. The van der Waals surface area contributed by atoms with Crippen LogP contribution in [0.5, 0.6) is 23.0 Å². The maximum atomic E-state index is 11.9. The topological polar surface area (TPSA) is 291 Å². The first-order chi connectivity index (χ1) is 22.4. The highest BCUT2D eigenvalue weighted by Crippen LogP contribution is 2.36. The lowest BCUT2D eigenvalue weighted by atomic mass is 10.3. The molecule has 0 saturated carbocycles. The summed E-state index contributed by atoms with van der Waals surface area (Å²) in [6.45, 7) is -1.99. The predicted molar refractivity (Wildman–Crippen MR) is 157 cm³/mol. The molecule has 0 unspecified atom stereocenters. The Kier molecular flexibility index (Phi) is 14.2. The average Bonchev–Trinajstić information content (AvgIpc) is 2.96. The highest BCUT2D eigenvalue weighted by atomic mass is 32.2. The van der Waals surface area contributed by atoms with Crippen molar-refractivity contribution in [2.24, 2.45) is 0 Å². The second-order valence-corrected chi connectivity index (χ2v) is 14.8. The van der Waals surface area contributed by atoms with Gasteiger partial charge in [0.2, 0.25) is 0 Å². The lowest BCUT2D eigenvalue weighted by Gasteiger charge is -2.16. The third-order valence-corrected chi connectivity index (χ3v) is 9.32. The number of rotatable bonds is 4. The predicted octanol–water partition coefficient (Wildman–Crippen LogP) is -0.0312. The van der Waals surface area contributed by atoms with Crippen LogP contribution in [0.2, 0.25) is 0 Å². The van der Waals surface area contributed by atoms with Gasteiger partial charge in [-0.15, -0.1) is 0 Å². The zero-order valence-electron chi connectivity index (χ0n) is 24.7. The van der Waals surface area contributed by atoms with E-state index in [1.54, 1.807) is 0 Å². The number of benzene rings is 2. The minimum atomic E-state index is -5.03. The molecule has 1 aliphatic heterocycles. The standard InChI is InChI=1S/C24H32O20S4/c25-45(26,27)21-15-23(47(31,32)33)19-13-17(21)41-9-5-37-1-2-38-6-10-42-18-14-20(44-12-8-40-4-3-39-7-11-43-19)24(48(34,35)36)16-22(18)46(28,29)30/h13-16H,1-12H2,(H,25,26,27)(H,28,29,30)(H,31,32,33)(H,34,35,36). The van der Waals surface area contributed by atoms with Gasteiger partial charge in [-0.2, -0.15) is 33.7 Å². The van der Waals surface area contributed by atoms with E-state index in [1.807, 2.05) is 0 Å². The fourth-order valence-corrected chi connectivity index (χ4v) is 6.49. The second-order valence-electron chi connectivity index (χ2n) is 9.23. The maximum absolute atomic E-state index is 11.9. The van der Waals surface area contributed by atoms with Gasteiger partial charge in [0.05, 0.1) is 52.9 Å². The summed E-state index contributed by atoms with van der Waals surface area (Å²) < 4.78 is 176. The molecule has 1 aliphatic rings. The molecular weight excluding hydrogens is 737 g/mol. The van der Waals surface area contributed by atoms with Crippen LogP contribution in [-0.4, -0.2) is 131 Å². The van der Waals surface area contributed by atoms with Crippen molar-refractivity contribution in [3.8, 4) is 23.0 Å². The second kappa shape index (κ2) is 17.2.